The second-order valence-electron chi connectivity index (χ2n) is 9.70. The summed E-state index contributed by atoms with van der Waals surface area (Å²) >= 11 is 0. The highest BCUT2D eigenvalue weighted by molar-refractivity contribution is 5.73. The van der Waals surface area contributed by atoms with Crippen LogP contribution in [0.4, 0.5) is 0 Å². The predicted molar refractivity (Wildman–Crippen MR) is 157 cm³/mol. The third-order valence-corrected chi connectivity index (χ3v) is 6.57. The minimum absolute atomic E-state index is 0.237. The average Bonchev–Trinajstić information content (AvgIpc) is 2.93. The first-order valence-corrected chi connectivity index (χ1v) is 13.5. The molecule has 0 aromatic heterocycles. The van der Waals surface area contributed by atoms with Crippen molar-refractivity contribution in [3.63, 3.8) is 0 Å². The molecule has 0 amide bonds. The van der Waals surface area contributed by atoms with Crippen LogP contribution in [0.5, 0.6) is 0 Å². The summed E-state index contributed by atoms with van der Waals surface area (Å²) in [6, 6.07) is 24.8. The fourth-order valence-corrected chi connectivity index (χ4v) is 4.49. The SMILES string of the molecule is C=C(C)C=O.CCCc1ccc(-c2ccc(-c3ccc(CC(CCO)CCOC)cc3CC)cc2)cc1. The number of rotatable bonds is 13. The number of hydrogen-bond donors (Lipinski definition) is 1. The molecule has 1 N–H and O–H groups in total. The summed E-state index contributed by atoms with van der Waals surface area (Å²) in [6.45, 7) is 10.4. The first-order chi connectivity index (χ1) is 17.9. The maximum absolute atomic E-state index is 9.41. The number of carbonyl (C=O) groups excluding carboxylic acids is 1. The van der Waals surface area contributed by atoms with E-state index in [1.54, 1.807) is 14.0 Å². The molecule has 0 saturated carbocycles. The molecular weight excluding hydrogens is 456 g/mol. The van der Waals surface area contributed by atoms with Crippen molar-refractivity contribution in [2.45, 2.75) is 59.3 Å². The summed E-state index contributed by atoms with van der Waals surface area (Å²) in [4.78, 5) is 9.41. The molecule has 3 rings (SSSR count). The van der Waals surface area contributed by atoms with Gasteiger partial charge in [0.1, 0.15) is 6.29 Å². The molecule has 3 nitrogen and oxygen atoms in total. The van der Waals surface area contributed by atoms with Gasteiger partial charge in [-0.2, -0.15) is 0 Å². The maximum Gasteiger partial charge on any atom is 0.145 e. The number of methoxy groups -OCH3 is 1. The number of carbonyl (C=O) groups is 1. The largest absolute Gasteiger partial charge is 0.396 e. The Morgan fingerprint density at radius 3 is 2.00 bits per heavy atom. The zero-order valence-corrected chi connectivity index (χ0v) is 23.1. The summed E-state index contributed by atoms with van der Waals surface area (Å²) in [5, 5.41) is 9.41. The van der Waals surface area contributed by atoms with Crippen LogP contribution in [-0.2, 0) is 28.8 Å². The van der Waals surface area contributed by atoms with Gasteiger partial charge in [-0.05, 0) is 89.5 Å². The Hall–Kier alpha value is -3.01. The Kier molecular flexibility index (Phi) is 13.6. The van der Waals surface area contributed by atoms with Gasteiger partial charge in [0.25, 0.3) is 0 Å². The van der Waals surface area contributed by atoms with Crippen molar-refractivity contribution in [2.75, 3.05) is 20.3 Å². The summed E-state index contributed by atoms with van der Waals surface area (Å²) in [5.41, 5.74) is 9.83. The van der Waals surface area contributed by atoms with E-state index in [-0.39, 0.29) is 6.61 Å². The van der Waals surface area contributed by atoms with Gasteiger partial charge in [-0.15, -0.1) is 0 Å². The number of aliphatic hydroxyl groups excluding tert-OH is 1. The van der Waals surface area contributed by atoms with Crippen molar-refractivity contribution in [3.8, 4) is 22.3 Å². The van der Waals surface area contributed by atoms with Gasteiger partial charge in [-0.1, -0.05) is 93.6 Å². The zero-order chi connectivity index (χ0) is 27.0. The van der Waals surface area contributed by atoms with E-state index in [1.165, 1.54) is 45.4 Å². The van der Waals surface area contributed by atoms with E-state index < -0.39 is 0 Å². The number of aldehydes is 1. The van der Waals surface area contributed by atoms with E-state index >= 15 is 0 Å². The van der Waals surface area contributed by atoms with Crippen LogP contribution in [0.15, 0.2) is 78.9 Å². The second kappa shape index (κ2) is 16.7. The van der Waals surface area contributed by atoms with Crippen molar-refractivity contribution >= 4 is 6.29 Å². The number of aryl methyl sites for hydroxylation is 2. The molecule has 1 atom stereocenters. The molecule has 0 saturated heterocycles. The predicted octanol–water partition coefficient (Wildman–Crippen LogP) is 7.87. The first kappa shape index (κ1) is 30.2. The fraction of sp³-hybridized carbons (Fsp3) is 0.382. The van der Waals surface area contributed by atoms with Gasteiger partial charge in [0, 0.05) is 20.3 Å². The van der Waals surface area contributed by atoms with Crippen molar-refractivity contribution < 1.29 is 14.6 Å². The highest BCUT2D eigenvalue weighted by Gasteiger charge is 2.12. The van der Waals surface area contributed by atoms with Crippen LogP contribution < -0.4 is 0 Å². The molecule has 0 spiro atoms. The molecule has 0 bridgehead atoms. The summed E-state index contributed by atoms with van der Waals surface area (Å²) in [5.74, 6) is 0.457. The highest BCUT2D eigenvalue weighted by Crippen LogP contribution is 2.29. The van der Waals surface area contributed by atoms with Gasteiger partial charge in [0.05, 0.1) is 0 Å². The van der Waals surface area contributed by atoms with E-state index in [0.717, 1.165) is 45.0 Å². The maximum atomic E-state index is 9.41. The molecule has 198 valence electrons. The van der Waals surface area contributed by atoms with Gasteiger partial charge in [0.15, 0.2) is 0 Å². The zero-order valence-electron chi connectivity index (χ0n) is 23.1. The summed E-state index contributed by atoms with van der Waals surface area (Å²) in [7, 11) is 1.74. The molecular formula is C34H44O3. The van der Waals surface area contributed by atoms with Crippen LogP contribution in [0.25, 0.3) is 22.3 Å². The molecule has 0 heterocycles. The molecule has 3 heteroatoms. The van der Waals surface area contributed by atoms with Crippen LogP contribution in [0.3, 0.4) is 0 Å². The third-order valence-electron chi connectivity index (χ3n) is 6.57. The molecule has 37 heavy (non-hydrogen) atoms. The average molecular weight is 501 g/mol. The van der Waals surface area contributed by atoms with E-state index in [9.17, 15) is 9.90 Å². The van der Waals surface area contributed by atoms with E-state index in [4.69, 9.17) is 4.74 Å². The minimum Gasteiger partial charge on any atom is -0.396 e. The lowest BCUT2D eigenvalue weighted by Gasteiger charge is -2.17. The van der Waals surface area contributed by atoms with Crippen LogP contribution in [0.2, 0.25) is 0 Å². The molecule has 0 radical (unpaired) electrons. The lowest BCUT2D eigenvalue weighted by molar-refractivity contribution is -0.104. The standard InChI is InChI=1S/C30H38O2.C4H6O/c1-4-6-23-7-10-27(11-8-23)28-12-14-29(15-13-28)30-16-9-25(22-26(30)5-2)21-24(17-19-31)18-20-32-3;1-4(2)3-5/h7-16,22,24,31H,4-6,17-21H2,1-3H3;3H,1H2,2H3. The Morgan fingerprint density at radius 2 is 1.49 bits per heavy atom. The molecule has 3 aromatic rings. The van der Waals surface area contributed by atoms with Gasteiger partial charge in [-0.25, -0.2) is 0 Å². The molecule has 0 aliphatic carbocycles. The Bertz CT molecular complexity index is 1080. The van der Waals surface area contributed by atoms with Crippen LogP contribution in [0, 0.1) is 5.92 Å². The van der Waals surface area contributed by atoms with Gasteiger partial charge in [0.2, 0.25) is 0 Å². The number of aliphatic hydroxyl groups is 1. The van der Waals surface area contributed by atoms with Gasteiger partial charge in [-0.3, -0.25) is 4.79 Å². The molecule has 0 fully saturated rings. The van der Waals surface area contributed by atoms with Crippen molar-refractivity contribution in [3.05, 3.63) is 95.6 Å². The number of hydrogen-bond acceptors (Lipinski definition) is 3. The summed E-state index contributed by atoms with van der Waals surface area (Å²) in [6.07, 6.45) is 6.86. The number of benzene rings is 3. The molecule has 3 aromatic carbocycles. The monoisotopic (exact) mass is 500 g/mol. The minimum atomic E-state index is 0.237. The highest BCUT2D eigenvalue weighted by atomic mass is 16.5. The fourth-order valence-electron chi connectivity index (χ4n) is 4.49. The Balaban J connectivity index is 0.000000877. The van der Waals surface area contributed by atoms with Crippen molar-refractivity contribution in [1.29, 1.82) is 0 Å². The van der Waals surface area contributed by atoms with E-state index in [2.05, 4.69) is 87.2 Å². The van der Waals surface area contributed by atoms with Crippen LogP contribution in [-0.4, -0.2) is 31.7 Å². The smallest absolute Gasteiger partial charge is 0.145 e. The molecule has 0 aliphatic heterocycles. The number of ether oxygens (including phenoxy) is 1. The normalized spacial score (nSPS) is 11.4. The van der Waals surface area contributed by atoms with Crippen molar-refractivity contribution in [2.24, 2.45) is 5.92 Å². The van der Waals surface area contributed by atoms with E-state index in [0.29, 0.717) is 11.5 Å². The van der Waals surface area contributed by atoms with Crippen LogP contribution >= 0.6 is 0 Å². The van der Waals surface area contributed by atoms with Gasteiger partial charge < -0.3 is 9.84 Å². The van der Waals surface area contributed by atoms with Gasteiger partial charge >= 0.3 is 0 Å². The molecule has 0 aliphatic rings. The second-order valence-corrected chi connectivity index (χ2v) is 9.70. The van der Waals surface area contributed by atoms with E-state index in [1.807, 2.05) is 0 Å². The molecule has 1 unspecified atom stereocenters. The Labute approximate surface area is 224 Å². The van der Waals surface area contributed by atoms with Crippen molar-refractivity contribution in [1.82, 2.24) is 0 Å². The summed E-state index contributed by atoms with van der Waals surface area (Å²) < 4.78 is 5.25. The van der Waals surface area contributed by atoms with Crippen LogP contribution in [0.1, 0.15) is 56.7 Å². The Morgan fingerprint density at radius 1 is 0.919 bits per heavy atom. The third kappa shape index (κ3) is 10.1. The number of allylic oxidation sites excluding steroid dienone is 1. The quantitative estimate of drug-likeness (QED) is 0.192. The lowest BCUT2D eigenvalue weighted by atomic mass is 9.89. The first-order valence-electron chi connectivity index (χ1n) is 13.5. The topological polar surface area (TPSA) is 46.5 Å². The lowest BCUT2D eigenvalue weighted by Crippen LogP contribution is -2.10.